The van der Waals surface area contributed by atoms with Crippen LogP contribution in [0.3, 0.4) is 0 Å². The summed E-state index contributed by atoms with van der Waals surface area (Å²) in [6, 6.07) is 4.04. The first-order valence-electron chi connectivity index (χ1n) is 6.05. The van der Waals surface area contributed by atoms with E-state index >= 15 is 0 Å². The molecule has 0 aromatic carbocycles. The lowest BCUT2D eigenvalue weighted by Crippen LogP contribution is -2.34. The van der Waals surface area contributed by atoms with Crippen molar-refractivity contribution in [3.05, 3.63) is 30.1 Å². The zero-order chi connectivity index (χ0) is 11.3. The molecule has 0 amide bonds. The van der Waals surface area contributed by atoms with E-state index in [1.165, 1.54) is 18.4 Å². The fraction of sp³-hybridized carbons (Fsp3) is 0.615. The molecule has 1 saturated carbocycles. The number of rotatable bonds is 5. The number of hydrogen-bond donors (Lipinski definition) is 2. The van der Waals surface area contributed by atoms with Crippen LogP contribution in [-0.4, -0.2) is 23.2 Å². The molecule has 1 heterocycles. The van der Waals surface area contributed by atoms with Gasteiger partial charge in [0.25, 0.3) is 0 Å². The molecule has 88 valence electrons. The van der Waals surface area contributed by atoms with Crippen LogP contribution in [0, 0.1) is 5.41 Å². The van der Waals surface area contributed by atoms with Crippen molar-refractivity contribution in [3.63, 3.8) is 0 Å². The topological polar surface area (TPSA) is 45.1 Å². The van der Waals surface area contributed by atoms with Gasteiger partial charge in [0.15, 0.2) is 0 Å². The molecule has 0 spiro atoms. The van der Waals surface area contributed by atoms with Crippen molar-refractivity contribution in [2.24, 2.45) is 5.41 Å². The standard InChI is InChI=1S/C13H20N2O/c16-11-13(5-1-2-6-13)10-15-9-12-3-7-14-8-4-12/h3-4,7-8,15-16H,1-2,5-6,9-11H2. The second-order valence-electron chi connectivity index (χ2n) is 4.82. The van der Waals surface area contributed by atoms with Gasteiger partial charge in [-0.3, -0.25) is 4.98 Å². The van der Waals surface area contributed by atoms with Gasteiger partial charge in [-0.05, 0) is 30.5 Å². The zero-order valence-electron chi connectivity index (χ0n) is 9.65. The molecule has 1 aromatic heterocycles. The second-order valence-corrected chi connectivity index (χ2v) is 4.82. The van der Waals surface area contributed by atoms with Gasteiger partial charge in [0.2, 0.25) is 0 Å². The van der Waals surface area contributed by atoms with E-state index in [9.17, 15) is 5.11 Å². The molecule has 0 aliphatic heterocycles. The molecule has 0 bridgehead atoms. The number of nitrogens with one attached hydrogen (secondary N) is 1. The second kappa shape index (κ2) is 5.41. The molecule has 0 unspecified atom stereocenters. The van der Waals surface area contributed by atoms with Crippen LogP contribution < -0.4 is 5.32 Å². The molecular formula is C13H20N2O. The van der Waals surface area contributed by atoms with Gasteiger partial charge in [0.05, 0.1) is 0 Å². The summed E-state index contributed by atoms with van der Waals surface area (Å²) in [6.45, 7) is 2.10. The molecule has 0 atom stereocenters. The Morgan fingerprint density at radius 2 is 1.94 bits per heavy atom. The van der Waals surface area contributed by atoms with Crippen LogP contribution in [0.15, 0.2) is 24.5 Å². The van der Waals surface area contributed by atoms with Crippen LogP contribution in [0.1, 0.15) is 31.2 Å². The van der Waals surface area contributed by atoms with Crippen molar-refractivity contribution in [3.8, 4) is 0 Å². The van der Waals surface area contributed by atoms with Crippen molar-refractivity contribution in [2.75, 3.05) is 13.2 Å². The summed E-state index contributed by atoms with van der Waals surface area (Å²) in [7, 11) is 0. The average Bonchev–Trinajstić information content (AvgIpc) is 2.80. The Labute approximate surface area is 96.9 Å². The van der Waals surface area contributed by atoms with E-state index in [0.29, 0.717) is 6.61 Å². The van der Waals surface area contributed by atoms with Crippen LogP contribution in [0.25, 0.3) is 0 Å². The van der Waals surface area contributed by atoms with Gasteiger partial charge in [-0.1, -0.05) is 12.8 Å². The molecular weight excluding hydrogens is 200 g/mol. The summed E-state index contributed by atoms with van der Waals surface area (Å²) < 4.78 is 0. The van der Waals surface area contributed by atoms with Gasteiger partial charge in [-0.15, -0.1) is 0 Å². The SMILES string of the molecule is OCC1(CNCc2ccncc2)CCCC1. The minimum absolute atomic E-state index is 0.146. The van der Waals surface area contributed by atoms with E-state index in [4.69, 9.17) is 0 Å². The summed E-state index contributed by atoms with van der Waals surface area (Å²) in [6.07, 6.45) is 8.47. The minimum Gasteiger partial charge on any atom is -0.396 e. The molecule has 3 heteroatoms. The van der Waals surface area contributed by atoms with Crippen LogP contribution in [0.5, 0.6) is 0 Å². The molecule has 3 nitrogen and oxygen atoms in total. The first-order valence-corrected chi connectivity index (χ1v) is 6.05. The Hall–Kier alpha value is -0.930. The number of hydrogen-bond acceptors (Lipinski definition) is 3. The van der Waals surface area contributed by atoms with Gasteiger partial charge < -0.3 is 10.4 Å². The predicted octanol–water partition coefficient (Wildman–Crippen LogP) is 1.72. The molecule has 0 saturated heterocycles. The van der Waals surface area contributed by atoms with Crippen molar-refractivity contribution in [1.29, 1.82) is 0 Å². The summed E-state index contributed by atoms with van der Waals surface area (Å²) in [5, 5.41) is 12.9. The zero-order valence-corrected chi connectivity index (χ0v) is 9.65. The molecule has 1 fully saturated rings. The Bertz CT molecular complexity index is 307. The molecule has 16 heavy (non-hydrogen) atoms. The number of aliphatic hydroxyl groups excluding tert-OH is 1. The summed E-state index contributed by atoms with van der Waals surface area (Å²) in [4.78, 5) is 3.99. The first-order chi connectivity index (χ1) is 7.85. The van der Waals surface area contributed by atoms with E-state index < -0.39 is 0 Å². The summed E-state index contributed by atoms with van der Waals surface area (Å²) in [5.74, 6) is 0. The van der Waals surface area contributed by atoms with Gasteiger partial charge >= 0.3 is 0 Å². The van der Waals surface area contributed by atoms with Crippen molar-refractivity contribution >= 4 is 0 Å². The van der Waals surface area contributed by atoms with E-state index in [-0.39, 0.29) is 5.41 Å². The highest BCUT2D eigenvalue weighted by atomic mass is 16.3. The maximum absolute atomic E-state index is 9.46. The lowest BCUT2D eigenvalue weighted by atomic mass is 9.87. The molecule has 1 aromatic rings. The Morgan fingerprint density at radius 3 is 2.56 bits per heavy atom. The number of aromatic nitrogens is 1. The van der Waals surface area contributed by atoms with E-state index in [1.807, 2.05) is 24.5 Å². The number of nitrogens with zero attached hydrogens (tertiary/aromatic N) is 1. The van der Waals surface area contributed by atoms with Crippen molar-refractivity contribution < 1.29 is 5.11 Å². The number of pyridine rings is 1. The van der Waals surface area contributed by atoms with E-state index in [2.05, 4.69) is 10.3 Å². The smallest absolute Gasteiger partial charge is 0.0499 e. The van der Waals surface area contributed by atoms with Gasteiger partial charge in [-0.25, -0.2) is 0 Å². The van der Waals surface area contributed by atoms with Gasteiger partial charge in [0.1, 0.15) is 0 Å². The van der Waals surface area contributed by atoms with Crippen LogP contribution in [0.2, 0.25) is 0 Å². The fourth-order valence-corrected chi connectivity index (χ4v) is 2.49. The highest BCUT2D eigenvalue weighted by Gasteiger charge is 2.32. The van der Waals surface area contributed by atoms with Gasteiger partial charge in [0, 0.05) is 37.5 Å². The third-order valence-corrected chi connectivity index (χ3v) is 3.58. The average molecular weight is 220 g/mol. The molecule has 2 N–H and O–H groups in total. The lowest BCUT2D eigenvalue weighted by molar-refractivity contribution is 0.128. The lowest BCUT2D eigenvalue weighted by Gasteiger charge is -2.26. The predicted molar refractivity (Wildman–Crippen MR) is 63.9 cm³/mol. The summed E-state index contributed by atoms with van der Waals surface area (Å²) >= 11 is 0. The normalized spacial score (nSPS) is 18.8. The molecule has 0 radical (unpaired) electrons. The van der Waals surface area contributed by atoms with E-state index in [1.54, 1.807) is 0 Å². The van der Waals surface area contributed by atoms with Crippen LogP contribution in [0.4, 0.5) is 0 Å². The highest BCUT2D eigenvalue weighted by Crippen LogP contribution is 2.36. The largest absolute Gasteiger partial charge is 0.396 e. The summed E-state index contributed by atoms with van der Waals surface area (Å²) in [5.41, 5.74) is 1.40. The highest BCUT2D eigenvalue weighted by molar-refractivity contribution is 5.09. The van der Waals surface area contributed by atoms with Crippen molar-refractivity contribution in [1.82, 2.24) is 10.3 Å². The van der Waals surface area contributed by atoms with Crippen LogP contribution in [-0.2, 0) is 6.54 Å². The van der Waals surface area contributed by atoms with Crippen molar-refractivity contribution in [2.45, 2.75) is 32.2 Å². The Kier molecular flexibility index (Phi) is 3.91. The molecule has 1 aliphatic rings. The minimum atomic E-state index is 0.146. The maximum Gasteiger partial charge on any atom is 0.0499 e. The fourth-order valence-electron chi connectivity index (χ4n) is 2.49. The third kappa shape index (κ3) is 2.80. The van der Waals surface area contributed by atoms with E-state index in [0.717, 1.165) is 25.9 Å². The molecule has 2 rings (SSSR count). The Balaban J connectivity index is 1.79. The first kappa shape index (κ1) is 11.6. The maximum atomic E-state index is 9.46. The third-order valence-electron chi connectivity index (χ3n) is 3.58. The molecule has 1 aliphatic carbocycles. The number of aliphatic hydroxyl groups is 1. The Morgan fingerprint density at radius 1 is 1.25 bits per heavy atom. The monoisotopic (exact) mass is 220 g/mol. The van der Waals surface area contributed by atoms with Crippen LogP contribution >= 0.6 is 0 Å². The quantitative estimate of drug-likeness (QED) is 0.794. The van der Waals surface area contributed by atoms with Gasteiger partial charge in [-0.2, -0.15) is 0 Å².